The lowest BCUT2D eigenvalue weighted by molar-refractivity contribution is -0.00000493. The molecule has 0 N–H and O–H groups in total. The van der Waals surface area contributed by atoms with E-state index in [1.54, 1.807) is 6.16 Å². The van der Waals surface area contributed by atoms with Crippen molar-refractivity contribution >= 4 is 7.26 Å². The molecular formula is C17H38IP. The molecule has 0 saturated carbocycles. The molecule has 0 nitrogen and oxygen atoms in total. The Labute approximate surface area is 141 Å². The first-order chi connectivity index (χ1) is 8.17. The van der Waals surface area contributed by atoms with E-state index >= 15 is 0 Å². The van der Waals surface area contributed by atoms with Crippen molar-refractivity contribution in [2.24, 2.45) is 23.7 Å². The molecule has 0 heterocycles. The Morgan fingerprint density at radius 2 is 0.895 bits per heavy atom. The lowest BCUT2D eigenvalue weighted by atomic mass is 10.2. The maximum atomic E-state index is 2.42. The fraction of sp³-hybridized carbons (Fsp3) is 1.00. The van der Waals surface area contributed by atoms with Gasteiger partial charge in [-0.3, -0.25) is 0 Å². The molecule has 0 amide bonds. The average molecular weight is 400 g/mol. The predicted octanol–water partition coefficient (Wildman–Crippen LogP) is 3.02. The zero-order valence-electron chi connectivity index (χ0n) is 14.7. The van der Waals surface area contributed by atoms with E-state index in [4.69, 9.17) is 0 Å². The largest absolute Gasteiger partial charge is 1.00 e. The molecule has 0 saturated heterocycles. The number of halogens is 1. The molecule has 0 radical (unpaired) electrons. The minimum atomic E-state index is -0.718. The Kier molecular flexibility index (Phi) is 12.8. The summed E-state index contributed by atoms with van der Waals surface area (Å²) in [6.07, 6.45) is 7.56. The van der Waals surface area contributed by atoms with E-state index in [0.717, 1.165) is 23.7 Å². The van der Waals surface area contributed by atoms with E-state index in [-0.39, 0.29) is 24.0 Å². The van der Waals surface area contributed by atoms with Crippen molar-refractivity contribution in [2.45, 2.75) is 61.8 Å². The summed E-state index contributed by atoms with van der Waals surface area (Å²) >= 11 is 0. The van der Waals surface area contributed by atoms with Crippen LogP contribution in [0.4, 0.5) is 0 Å². The summed E-state index contributed by atoms with van der Waals surface area (Å²) in [4.78, 5) is 0. The predicted molar refractivity (Wildman–Crippen MR) is 90.4 cm³/mol. The Bertz CT molecular complexity index is 183. The molecule has 0 aliphatic rings. The van der Waals surface area contributed by atoms with Crippen LogP contribution in [-0.4, -0.2) is 24.6 Å². The van der Waals surface area contributed by atoms with Gasteiger partial charge in [-0.1, -0.05) is 55.4 Å². The third-order valence-corrected chi connectivity index (χ3v) is 9.16. The van der Waals surface area contributed by atoms with Crippen molar-refractivity contribution in [3.63, 3.8) is 0 Å². The van der Waals surface area contributed by atoms with Crippen LogP contribution in [0.5, 0.6) is 0 Å². The van der Waals surface area contributed by atoms with Crippen LogP contribution in [0.3, 0.4) is 0 Å². The molecule has 0 aromatic rings. The monoisotopic (exact) mass is 400 g/mol. The highest BCUT2D eigenvalue weighted by Crippen LogP contribution is 2.62. The molecule has 2 heteroatoms. The Hall–Kier alpha value is 1.16. The second-order valence-electron chi connectivity index (χ2n) is 7.98. The van der Waals surface area contributed by atoms with Gasteiger partial charge in [-0.05, 0) is 30.1 Å². The van der Waals surface area contributed by atoms with Crippen molar-refractivity contribution in [1.82, 2.24) is 0 Å². The smallest absolute Gasteiger partial charge is 0.0617 e. The minimum absolute atomic E-state index is 0. The molecule has 0 spiro atoms. The molecule has 0 bridgehead atoms. The average Bonchev–Trinajstić information content (AvgIpc) is 2.11. The number of hydrogen-bond donors (Lipinski definition) is 0. The summed E-state index contributed by atoms with van der Waals surface area (Å²) in [5.41, 5.74) is 0. The van der Waals surface area contributed by atoms with Crippen LogP contribution in [0, 0.1) is 23.7 Å². The molecule has 0 aromatic carbocycles. The van der Waals surface area contributed by atoms with Crippen LogP contribution in [0.15, 0.2) is 0 Å². The Morgan fingerprint density at radius 3 is 1.11 bits per heavy atom. The number of hydrogen-bond acceptors (Lipinski definition) is 0. The summed E-state index contributed by atoms with van der Waals surface area (Å²) in [7, 11) is -0.718. The zero-order valence-corrected chi connectivity index (χ0v) is 17.7. The highest BCUT2D eigenvalue weighted by Gasteiger charge is 2.38. The second-order valence-corrected chi connectivity index (χ2v) is 12.2. The van der Waals surface area contributed by atoms with Crippen molar-refractivity contribution in [2.75, 3.05) is 24.6 Å². The highest BCUT2D eigenvalue weighted by atomic mass is 127. The summed E-state index contributed by atoms with van der Waals surface area (Å²) in [5.74, 6) is 3.50. The van der Waals surface area contributed by atoms with Crippen LogP contribution in [0.1, 0.15) is 61.8 Å². The summed E-state index contributed by atoms with van der Waals surface area (Å²) in [6.45, 7) is 19.3. The molecular weight excluding hydrogens is 362 g/mol. The fourth-order valence-corrected chi connectivity index (χ4v) is 10.1. The quantitative estimate of drug-likeness (QED) is 0.412. The van der Waals surface area contributed by atoms with Crippen LogP contribution >= 0.6 is 7.26 Å². The molecule has 0 aliphatic carbocycles. The van der Waals surface area contributed by atoms with Gasteiger partial charge in [0.2, 0.25) is 0 Å². The van der Waals surface area contributed by atoms with Gasteiger partial charge in [0.1, 0.15) is 0 Å². The normalized spacial score (nSPS) is 12.6. The lowest BCUT2D eigenvalue weighted by Crippen LogP contribution is -3.00. The molecule has 0 fully saturated rings. The topological polar surface area (TPSA) is 0 Å². The lowest BCUT2D eigenvalue weighted by Gasteiger charge is -2.33. The van der Waals surface area contributed by atoms with Crippen LogP contribution in [0.2, 0.25) is 0 Å². The maximum absolute atomic E-state index is 2.42. The van der Waals surface area contributed by atoms with E-state index in [0.29, 0.717) is 0 Å². The van der Waals surface area contributed by atoms with Crippen molar-refractivity contribution in [1.29, 1.82) is 0 Å². The van der Waals surface area contributed by atoms with Crippen molar-refractivity contribution in [3.05, 3.63) is 0 Å². The molecule has 0 rings (SSSR count). The third-order valence-electron chi connectivity index (χ3n) is 3.44. The van der Waals surface area contributed by atoms with Gasteiger partial charge in [-0.25, -0.2) is 0 Å². The van der Waals surface area contributed by atoms with E-state index in [1.807, 2.05) is 0 Å². The van der Waals surface area contributed by atoms with Gasteiger partial charge in [0.25, 0.3) is 0 Å². The van der Waals surface area contributed by atoms with Gasteiger partial charge in [0.15, 0.2) is 0 Å². The van der Waals surface area contributed by atoms with Gasteiger partial charge in [-0.15, -0.1) is 0 Å². The van der Waals surface area contributed by atoms with Crippen LogP contribution < -0.4 is 24.0 Å². The van der Waals surface area contributed by atoms with Crippen LogP contribution in [0.25, 0.3) is 0 Å². The molecule has 118 valence electrons. The van der Waals surface area contributed by atoms with E-state index in [9.17, 15) is 0 Å². The van der Waals surface area contributed by atoms with Gasteiger partial charge < -0.3 is 24.0 Å². The van der Waals surface area contributed by atoms with Gasteiger partial charge in [-0.2, -0.15) is 0 Å². The molecule has 0 aromatic heterocycles. The van der Waals surface area contributed by atoms with E-state index in [1.165, 1.54) is 24.9 Å². The highest BCUT2D eigenvalue weighted by molar-refractivity contribution is 7.75. The van der Waals surface area contributed by atoms with Crippen molar-refractivity contribution in [3.8, 4) is 0 Å². The summed E-state index contributed by atoms with van der Waals surface area (Å²) in [5, 5.41) is 0. The maximum Gasteiger partial charge on any atom is 0.0617 e. The Morgan fingerprint density at radius 1 is 0.579 bits per heavy atom. The summed E-state index contributed by atoms with van der Waals surface area (Å²) in [6, 6.07) is 0. The van der Waals surface area contributed by atoms with Crippen LogP contribution in [-0.2, 0) is 0 Å². The van der Waals surface area contributed by atoms with Crippen molar-refractivity contribution < 1.29 is 24.0 Å². The first-order valence-corrected chi connectivity index (χ1v) is 10.5. The van der Waals surface area contributed by atoms with E-state index in [2.05, 4.69) is 55.4 Å². The minimum Gasteiger partial charge on any atom is -1.00 e. The second kappa shape index (κ2) is 10.8. The van der Waals surface area contributed by atoms with Gasteiger partial charge in [0.05, 0.1) is 24.6 Å². The summed E-state index contributed by atoms with van der Waals surface area (Å²) < 4.78 is 0. The zero-order chi connectivity index (χ0) is 14.3. The standard InChI is InChI=1S/C17H38P.HI/c1-14(2)9-10-18(11-15(3)4,12-16(5)6)13-17(7)8;/h14-17H,9-13H2,1-8H3;1H/q+1;/p-1. The fourth-order valence-electron chi connectivity index (χ4n) is 3.35. The Balaban J connectivity index is 0. The molecule has 0 aliphatic heterocycles. The van der Waals surface area contributed by atoms with E-state index < -0.39 is 7.26 Å². The first kappa shape index (κ1) is 22.4. The van der Waals surface area contributed by atoms with Gasteiger partial charge in [0, 0.05) is 7.26 Å². The first-order valence-electron chi connectivity index (χ1n) is 8.02. The molecule has 0 atom stereocenters. The SMILES string of the molecule is CC(C)CC[P+](CC(C)C)(CC(C)C)CC(C)C.[I-]. The number of rotatable bonds is 9. The van der Waals surface area contributed by atoms with Gasteiger partial charge >= 0.3 is 0 Å². The molecule has 19 heavy (non-hydrogen) atoms. The molecule has 0 unspecified atom stereocenters. The third kappa shape index (κ3) is 11.5.